The molecule has 0 amide bonds. The van der Waals surface area contributed by atoms with E-state index in [0.29, 0.717) is 11.1 Å². The molecule has 1 heterocycles. The van der Waals surface area contributed by atoms with Gasteiger partial charge in [-0.25, -0.2) is 9.97 Å². The molecule has 0 unspecified atom stereocenters. The Bertz CT molecular complexity index is 519. The molecule has 3 rings (SSSR count). The van der Waals surface area contributed by atoms with Gasteiger partial charge < -0.3 is 10.2 Å². The molecule has 2 aliphatic carbocycles. The molecule has 116 valence electrons. The fourth-order valence-electron chi connectivity index (χ4n) is 3.27. The summed E-state index contributed by atoms with van der Waals surface area (Å²) in [6.07, 6.45) is 7.52. The molecule has 1 aromatic rings. The summed E-state index contributed by atoms with van der Waals surface area (Å²) < 4.78 is 0. The molecule has 5 heteroatoms. The second-order valence-corrected chi connectivity index (χ2v) is 7.16. The molecule has 2 fully saturated rings. The SMILES string of the molecule is Cc1c(Cl)nc(C2CC2)nc1NCC1(N(C)C)CCCC1. The van der Waals surface area contributed by atoms with Crippen LogP contribution in [0.5, 0.6) is 0 Å². The lowest BCUT2D eigenvalue weighted by molar-refractivity contribution is 0.172. The summed E-state index contributed by atoms with van der Waals surface area (Å²) in [5.41, 5.74) is 1.22. The Morgan fingerprint density at radius 3 is 2.48 bits per heavy atom. The lowest BCUT2D eigenvalue weighted by atomic mass is 9.96. The van der Waals surface area contributed by atoms with Gasteiger partial charge in [-0.15, -0.1) is 0 Å². The molecule has 1 N–H and O–H groups in total. The minimum absolute atomic E-state index is 0.254. The molecule has 4 nitrogen and oxygen atoms in total. The van der Waals surface area contributed by atoms with E-state index in [1.54, 1.807) is 0 Å². The van der Waals surface area contributed by atoms with Gasteiger partial charge in [-0.3, -0.25) is 0 Å². The predicted octanol–water partition coefficient (Wildman–Crippen LogP) is 3.60. The fourth-order valence-corrected chi connectivity index (χ4v) is 3.44. The van der Waals surface area contributed by atoms with Gasteiger partial charge in [0.05, 0.1) is 0 Å². The summed E-state index contributed by atoms with van der Waals surface area (Å²) in [6.45, 7) is 2.93. The molecule has 0 atom stereocenters. The molecule has 2 saturated carbocycles. The highest BCUT2D eigenvalue weighted by Gasteiger charge is 2.36. The number of aromatic nitrogens is 2. The zero-order valence-electron chi connectivity index (χ0n) is 13.2. The normalized spacial score (nSPS) is 21.0. The first-order chi connectivity index (χ1) is 10.0. The second-order valence-electron chi connectivity index (χ2n) is 6.80. The molecule has 0 saturated heterocycles. The second kappa shape index (κ2) is 5.73. The monoisotopic (exact) mass is 308 g/mol. The number of anilines is 1. The first kappa shape index (κ1) is 15.0. The summed E-state index contributed by atoms with van der Waals surface area (Å²) in [5, 5.41) is 4.16. The third kappa shape index (κ3) is 3.02. The minimum atomic E-state index is 0.254. The molecular formula is C16H25ClN4. The van der Waals surface area contributed by atoms with Crippen molar-refractivity contribution in [2.75, 3.05) is 26.0 Å². The van der Waals surface area contributed by atoms with Crippen LogP contribution in [0, 0.1) is 6.92 Å². The Morgan fingerprint density at radius 1 is 1.24 bits per heavy atom. The van der Waals surface area contributed by atoms with Gasteiger partial charge in [0.2, 0.25) is 0 Å². The van der Waals surface area contributed by atoms with Crippen LogP contribution in [0.4, 0.5) is 5.82 Å². The number of nitrogens with zero attached hydrogens (tertiary/aromatic N) is 3. The Morgan fingerprint density at radius 2 is 1.90 bits per heavy atom. The highest BCUT2D eigenvalue weighted by Crippen LogP contribution is 2.40. The first-order valence-electron chi connectivity index (χ1n) is 7.97. The van der Waals surface area contributed by atoms with Crippen molar-refractivity contribution in [3.05, 3.63) is 16.5 Å². The maximum Gasteiger partial charge on any atom is 0.137 e. The first-order valence-corrected chi connectivity index (χ1v) is 8.35. The smallest absolute Gasteiger partial charge is 0.137 e. The zero-order chi connectivity index (χ0) is 15.0. The fraction of sp³-hybridized carbons (Fsp3) is 0.750. The Balaban J connectivity index is 1.78. The minimum Gasteiger partial charge on any atom is -0.368 e. The van der Waals surface area contributed by atoms with Gasteiger partial charge in [0.25, 0.3) is 0 Å². The van der Waals surface area contributed by atoms with Gasteiger partial charge in [0.15, 0.2) is 0 Å². The van der Waals surface area contributed by atoms with Gasteiger partial charge in [0.1, 0.15) is 16.8 Å². The van der Waals surface area contributed by atoms with E-state index in [9.17, 15) is 0 Å². The largest absolute Gasteiger partial charge is 0.368 e. The lowest BCUT2D eigenvalue weighted by Crippen LogP contribution is -2.47. The molecule has 0 spiro atoms. The average Bonchev–Trinajstić information content (AvgIpc) is 3.18. The van der Waals surface area contributed by atoms with E-state index in [-0.39, 0.29) is 5.54 Å². The summed E-state index contributed by atoms with van der Waals surface area (Å²) in [5.74, 6) is 2.36. The summed E-state index contributed by atoms with van der Waals surface area (Å²) in [7, 11) is 4.37. The molecule has 2 aliphatic rings. The van der Waals surface area contributed by atoms with Crippen LogP contribution in [-0.4, -0.2) is 41.0 Å². The maximum absolute atomic E-state index is 6.28. The van der Waals surface area contributed by atoms with Crippen LogP contribution in [0.1, 0.15) is 55.8 Å². The third-order valence-electron chi connectivity index (χ3n) is 5.11. The number of hydrogen-bond donors (Lipinski definition) is 1. The van der Waals surface area contributed by atoms with Crippen molar-refractivity contribution in [1.82, 2.24) is 14.9 Å². The molecule has 0 bridgehead atoms. The predicted molar refractivity (Wildman–Crippen MR) is 87.1 cm³/mol. The van der Waals surface area contributed by atoms with Crippen LogP contribution < -0.4 is 5.32 Å². The molecule has 0 aliphatic heterocycles. The lowest BCUT2D eigenvalue weighted by Gasteiger charge is -2.36. The van der Waals surface area contributed by atoms with E-state index >= 15 is 0 Å². The Kier molecular flexibility index (Phi) is 4.10. The average molecular weight is 309 g/mol. The van der Waals surface area contributed by atoms with Crippen molar-refractivity contribution < 1.29 is 0 Å². The van der Waals surface area contributed by atoms with Crippen molar-refractivity contribution in [2.24, 2.45) is 0 Å². The number of rotatable bonds is 5. The quantitative estimate of drug-likeness (QED) is 0.844. The van der Waals surface area contributed by atoms with Gasteiger partial charge in [-0.2, -0.15) is 0 Å². The van der Waals surface area contributed by atoms with Gasteiger partial charge in [-0.05, 0) is 46.7 Å². The number of nitrogens with one attached hydrogen (secondary N) is 1. The zero-order valence-corrected chi connectivity index (χ0v) is 14.0. The van der Waals surface area contributed by atoms with E-state index in [0.717, 1.165) is 23.8 Å². The van der Waals surface area contributed by atoms with Crippen LogP contribution in [0.3, 0.4) is 0 Å². The summed E-state index contributed by atoms with van der Waals surface area (Å²) >= 11 is 6.28. The van der Waals surface area contributed by atoms with E-state index in [2.05, 4.69) is 29.3 Å². The maximum atomic E-state index is 6.28. The van der Waals surface area contributed by atoms with E-state index in [4.69, 9.17) is 16.6 Å². The van der Waals surface area contributed by atoms with Crippen molar-refractivity contribution in [3.8, 4) is 0 Å². The van der Waals surface area contributed by atoms with E-state index in [1.807, 2.05) is 6.92 Å². The van der Waals surface area contributed by atoms with Crippen LogP contribution in [-0.2, 0) is 0 Å². The van der Waals surface area contributed by atoms with E-state index in [1.165, 1.54) is 38.5 Å². The molecule has 0 radical (unpaired) electrons. The van der Waals surface area contributed by atoms with Crippen molar-refractivity contribution in [1.29, 1.82) is 0 Å². The van der Waals surface area contributed by atoms with Gasteiger partial charge in [-0.1, -0.05) is 24.4 Å². The summed E-state index contributed by atoms with van der Waals surface area (Å²) in [4.78, 5) is 11.5. The van der Waals surface area contributed by atoms with Crippen LogP contribution in [0.15, 0.2) is 0 Å². The van der Waals surface area contributed by atoms with Gasteiger partial charge in [0, 0.05) is 23.6 Å². The Labute approximate surface area is 132 Å². The topological polar surface area (TPSA) is 41.1 Å². The highest BCUT2D eigenvalue weighted by molar-refractivity contribution is 6.30. The summed E-state index contributed by atoms with van der Waals surface area (Å²) in [6, 6.07) is 0. The number of hydrogen-bond acceptors (Lipinski definition) is 4. The van der Waals surface area contributed by atoms with E-state index < -0.39 is 0 Å². The van der Waals surface area contributed by atoms with Crippen LogP contribution in [0.2, 0.25) is 5.15 Å². The molecule has 21 heavy (non-hydrogen) atoms. The third-order valence-corrected chi connectivity index (χ3v) is 5.48. The van der Waals surface area contributed by atoms with Crippen molar-refractivity contribution >= 4 is 17.4 Å². The van der Waals surface area contributed by atoms with Gasteiger partial charge >= 0.3 is 0 Å². The Hall–Kier alpha value is -0.870. The number of likely N-dealkylation sites (N-methyl/N-ethyl adjacent to an activating group) is 1. The van der Waals surface area contributed by atoms with Crippen LogP contribution in [0.25, 0.3) is 0 Å². The van der Waals surface area contributed by atoms with Crippen LogP contribution >= 0.6 is 11.6 Å². The number of halogens is 1. The van der Waals surface area contributed by atoms with Crippen molar-refractivity contribution in [3.63, 3.8) is 0 Å². The molecule has 0 aromatic carbocycles. The van der Waals surface area contributed by atoms with Crippen molar-refractivity contribution in [2.45, 2.75) is 56.9 Å². The molecule has 1 aromatic heterocycles. The highest BCUT2D eigenvalue weighted by atomic mass is 35.5. The molecular weight excluding hydrogens is 284 g/mol. The standard InChI is InChI=1S/C16H25ClN4/c1-11-13(17)19-15(12-6-7-12)20-14(11)18-10-16(21(2)3)8-4-5-9-16/h12H,4-10H2,1-3H3,(H,18,19,20).